The Hall–Kier alpha value is -1.35. The first-order valence-corrected chi connectivity index (χ1v) is 4.51. The molecule has 0 aliphatic heterocycles. The van der Waals surface area contributed by atoms with Gasteiger partial charge in [0.05, 0.1) is 5.54 Å². The highest BCUT2D eigenvalue weighted by Crippen LogP contribution is 2.14. The number of hydroxylamine groups is 2. The molecular formula is C11H15NO2. The lowest BCUT2D eigenvalue weighted by Gasteiger charge is -2.29. The number of carbonyl (C=O) groups is 1. The second-order valence-electron chi connectivity index (χ2n) is 4.15. The quantitative estimate of drug-likeness (QED) is 0.549. The van der Waals surface area contributed by atoms with E-state index in [1.807, 2.05) is 6.07 Å². The van der Waals surface area contributed by atoms with Gasteiger partial charge in [-0.2, -0.15) is 0 Å². The number of carbonyl (C=O) groups excluding carboxylic acids is 1. The van der Waals surface area contributed by atoms with Gasteiger partial charge >= 0.3 is 0 Å². The lowest BCUT2D eigenvalue weighted by molar-refractivity contribution is -0.114. The first kappa shape index (κ1) is 10.7. The van der Waals surface area contributed by atoms with Crippen LogP contribution in [0.1, 0.15) is 31.1 Å². The fourth-order valence-electron chi connectivity index (χ4n) is 1.01. The Morgan fingerprint density at radius 2 is 1.71 bits per heavy atom. The molecule has 0 radical (unpaired) electrons. The van der Waals surface area contributed by atoms with Crippen molar-refractivity contribution in [2.75, 3.05) is 0 Å². The van der Waals surface area contributed by atoms with Gasteiger partial charge in [0, 0.05) is 5.56 Å². The average Bonchev–Trinajstić information content (AvgIpc) is 2.15. The van der Waals surface area contributed by atoms with Gasteiger partial charge < -0.3 is 0 Å². The summed E-state index contributed by atoms with van der Waals surface area (Å²) < 4.78 is 0. The molecule has 0 unspecified atom stereocenters. The minimum atomic E-state index is -0.576. The van der Waals surface area contributed by atoms with E-state index >= 15 is 0 Å². The summed E-state index contributed by atoms with van der Waals surface area (Å²) >= 11 is 0. The maximum Gasteiger partial charge on any atom is 0.277 e. The molecule has 0 bridgehead atoms. The van der Waals surface area contributed by atoms with Gasteiger partial charge in [-0.25, -0.2) is 5.06 Å². The number of hydrogen-bond donors (Lipinski definition) is 1. The van der Waals surface area contributed by atoms with Crippen LogP contribution in [0.25, 0.3) is 0 Å². The monoisotopic (exact) mass is 193 g/mol. The smallest absolute Gasteiger partial charge is 0.277 e. The summed E-state index contributed by atoms with van der Waals surface area (Å²) in [5.74, 6) is -0.377. The number of nitrogens with zero attached hydrogens (tertiary/aromatic N) is 1. The van der Waals surface area contributed by atoms with Crippen molar-refractivity contribution in [1.29, 1.82) is 0 Å². The van der Waals surface area contributed by atoms with Crippen LogP contribution in [0.5, 0.6) is 0 Å². The predicted octanol–water partition coefficient (Wildman–Crippen LogP) is 2.32. The Labute approximate surface area is 83.9 Å². The van der Waals surface area contributed by atoms with E-state index < -0.39 is 5.54 Å². The molecule has 0 saturated heterocycles. The minimum Gasteiger partial charge on any atom is -0.285 e. The van der Waals surface area contributed by atoms with Crippen molar-refractivity contribution < 1.29 is 10.0 Å². The summed E-state index contributed by atoms with van der Waals surface area (Å²) in [5, 5.41) is 10.3. The molecule has 0 aromatic heterocycles. The largest absolute Gasteiger partial charge is 0.285 e. The van der Waals surface area contributed by atoms with Gasteiger partial charge in [0.25, 0.3) is 5.91 Å². The fourth-order valence-corrected chi connectivity index (χ4v) is 1.01. The Balaban J connectivity index is 2.87. The third-order valence-electron chi connectivity index (χ3n) is 1.85. The highest BCUT2D eigenvalue weighted by atomic mass is 16.5. The van der Waals surface area contributed by atoms with Gasteiger partial charge in [-0.3, -0.25) is 10.0 Å². The van der Waals surface area contributed by atoms with E-state index in [1.165, 1.54) is 0 Å². The highest BCUT2D eigenvalue weighted by molar-refractivity contribution is 5.93. The summed E-state index contributed by atoms with van der Waals surface area (Å²) in [5.41, 5.74) is -0.0858. The Morgan fingerprint density at radius 3 is 2.14 bits per heavy atom. The number of amides is 1. The molecule has 3 heteroatoms. The Morgan fingerprint density at radius 1 is 1.21 bits per heavy atom. The molecule has 1 amide bonds. The third-order valence-corrected chi connectivity index (χ3v) is 1.85. The van der Waals surface area contributed by atoms with Crippen LogP contribution in [0.3, 0.4) is 0 Å². The first-order valence-electron chi connectivity index (χ1n) is 4.51. The Bertz CT molecular complexity index is 314. The van der Waals surface area contributed by atoms with Crippen molar-refractivity contribution in [3.63, 3.8) is 0 Å². The van der Waals surface area contributed by atoms with Crippen molar-refractivity contribution in [3.05, 3.63) is 35.9 Å². The van der Waals surface area contributed by atoms with Crippen molar-refractivity contribution in [2.45, 2.75) is 26.3 Å². The van der Waals surface area contributed by atoms with Gasteiger partial charge in [0.15, 0.2) is 0 Å². The standard InChI is InChI=1S/C11H15NO2/c1-11(2,3)12(14)10(13)9-7-5-4-6-8-9/h4-8,14H,1-3H3. The molecule has 0 atom stereocenters. The van der Waals surface area contributed by atoms with Gasteiger partial charge in [-0.1, -0.05) is 18.2 Å². The van der Waals surface area contributed by atoms with E-state index in [9.17, 15) is 10.0 Å². The third kappa shape index (κ3) is 2.33. The molecule has 76 valence electrons. The SMILES string of the molecule is CC(C)(C)N(O)C(=O)c1ccccc1. The zero-order valence-electron chi connectivity index (χ0n) is 8.69. The minimum absolute atomic E-state index is 0.377. The highest BCUT2D eigenvalue weighted by Gasteiger charge is 2.25. The van der Waals surface area contributed by atoms with Crippen LogP contribution < -0.4 is 0 Å². The molecule has 0 aliphatic rings. The summed E-state index contributed by atoms with van der Waals surface area (Å²) in [7, 11) is 0. The molecule has 14 heavy (non-hydrogen) atoms. The zero-order valence-corrected chi connectivity index (χ0v) is 8.69. The maximum absolute atomic E-state index is 11.7. The molecule has 1 rings (SSSR count). The first-order chi connectivity index (χ1) is 6.43. The number of rotatable bonds is 1. The van der Waals surface area contributed by atoms with Gasteiger partial charge in [-0.15, -0.1) is 0 Å². The fraction of sp³-hybridized carbons (Fsp3) is 0.364. The molecule has 0 spiro atoms. The van der Waals surface area contributed by atoms with E-state index in [-0.39, 0.29) is 5.91 Å². The zero-order chi connectivity index (χ0) is 10.8. The molecule has 0 heterocycles. The molecular weight excluding hydrogens is 178 g/mol. The van der Waals surface area contributed by atoms with Crippen molar-refractivity contribution in [2.24, 2.45) is 0 Å². The van der Waals surface area contributed by atoms with E-state index in [4.69, 9.17) is 0 Å². The lowest BCUT2D eigenvalue weighted by atomic mass is 10.1. The Kier molecular flexibility index (Phi) is 2.91. The van der Waals surface area contributed by atoms with Gasteiger partial charge in [0.1, 0.15) is 0 Å². The average molecular weight is 193 g/mol. The summed E-state index contributed by atoms with van der Waals surface area (Å²) in [6.45, 7) is 5.32. The van der Waals surface area contributed by atoms with Crippen molar-refractivity contribution in [1.82, 2.24) is 5.06 Å². The molecule has 0 aliphatic carbocycles. The summed E-state index contributed by atoms with van der Waals surface area (Å²) in [4.78, 5) is 11.7. The van der Waals surface area contributed by atoms with E-state index in [0.29, 0.717) is 5.56 Å². The predicted molar refractivity (Wildman–Crippen MR) is 54.2 cm³/mol. The molecule has 1 aromatic carbocycles. The van der Waals surface area contributed by atoms with Crippen molar-refractivity contribution in [3.8, 4) is 0 Å². The van der Waals surface area contributed by atoms with Crippen LogP contribution in [0.4, 0.5) is 0 Å². The van der Waals surface area contributed by atoms with Crippen LogP contribution >= 0.6 is 0 Å². The summed E-state index contributed by atoms with van der Waals surface area (Å²) in [6, 6.07) is 8.72. The molecule has 1 N–H and O–H groups in total. The lowest BCUT2D eigenvalue weighted by Crippen LogP contribution is -2.43. The van der Waals surface area contributed by atoms with Crippen LogP contribution in [0.2, 0.25) is 0 Å². The topological polar surface area (TPSA) is 40.5 Å². The van der Waals surface area contributed by atoms with E-state index in [1.54, 1.807) is 45.0 Å². The van der Waals surface area contributed by atoms with Crippen LogP contribution in [-0.4, -0.2) is 21.7 Å². The number of benzene rings is 1. The molecule has 1 aromatic rings. The van der Waals surface area contributed by atoms with Gasteiger partial charge in [0.2, 0.25) is 0 Å². The van der Waals surface area contributed by atoms with Crippen molar-refractivity contribution >= 4 is 5.91 Å². The van der Waals surface area contributed by atoms with Gasteiger partial charge in [-0.05, 0) is 32.9 Å². The molecule has 0 saturated carbocycles. The van der Waals surface area contributed by atoms with Crippen LogP contribution in [-0.2, 0) is 0 Å². The van der Waals surface area contributed by atoms with Crippen LogP contribution in [0, 0.1) is 0 Å². The second-order valence-corrected chi connectivity index (χ2v) is 4.15. The molecule has 0 fully saturated rings. The molecule has 3 nitrogen and oxygen atoms in total. The normalized spacial score (nSPS) is 11.1. The maximum atomic E-state index is 11.7. The van der Waals surface area contributed by atoms with E-state index in [0.717, 1.165) is 5.06 Å². The van der Waals surface area contributed by atoms with E-state index in [2.05, 4.69) is 0 Å². The number of hydrogen-bond acceptors (Lipinski definition) is 2. The van der Waals surface area contributed by atoms with Crippen LogP contribution in [0.15, 0.2) is 30.3 Å². The second kappa shape index (κ2) is 3.80. The summed E-state index contributed by atoms with van der Waals surface area (Å²) in [6.07, 6.45) is 0.